The minimum atomic E-state index is 0. The Kier molecular flexibility index (Phi) is 6.96. The first-order valence-corrected chi connectivity index (χ1v) is 10.8. The Morgan fingerprint density at radius 3 is 2.64 bits per heavy atom. The SMILES string of the molecule is CCCOc1ccc(-c2nc(C(=O)N3CCC4(CCNC4)CC3)cs2)cc1.Cl. The van der Waals surface area contributed by atoms with E-state index in [4.69, 9.17) is 4.74 Å². The van der Waals surface area contributed by atoms with E-state index in [9.17, 15) is 4.79 Å². The molecular formula is C21H28ClN3O2S. The molecule has 1 aromatic heterocycles. The third-order valence-corrected chi connectivity index (χ3v) is 6.63. The fourth-order valence-electron chi connectivity index (χ4n) is 3.99. The van der Waals surface area contributed by atoms with Gasteiger partial charge in [0.15, 0.2) is 0 Å². The van der Waals surface area contributed by atoms with Gasteiger partial charge in [-0.05, 0) is 61.9 Å². The molecule has 0 bridgehead atoms. The Bertz CT molecular complexity index is 777. The number of benzene rings is 1. The second kappa shape index (κ2) is 9.25. The summed E-state index contributed by atoms with van der Waals surface area (Å²) in [5.41, 5.74) is 2.02. The lowest BCUT2D eigenvalue weighted by Gasteiger charge is -2.38. The number of rotatable bonds is 5. The van der Waals surface area contributed by atoms with Crippen molar-refractivity contribution < 1.29 is 9.53 Å². The number of likely N-dealkylation sites (tertiary alicyclic amines) is 1. The number of amides is 1. The standard InChI is InChI=1S/C21H27N3O2S.ClH/c1-2-13-26-17-5-3-16(4-6-17)19-23-18(14-27-19)20(25)24-11-8-21(9-12-24)7-10-22-15-21;/h3-6,14,22H,2,7-13,15H2,1H3;1H. The van der Waals surface area contributed by atoms with Crippen LogP contribution in [0.5, 0.6) is 5.75 Å². The second-order valence-electron chi connectivity index (χ2n) is 7.63. The Morgan fingerprint density at radius 1 is 1.25 bits per heavy atom. The van der Waals surface area contributed by atoms with Crippen LogP contribution in [0.1, 0.15) is 43.1 Å². The van der Waals surface area contributed by atoms with Gasteiger partial charge in [0.25, 0.3) is 5.91 Å². The molecule has 2 saturated heterocycles. The summed E-state index contributed by atoms with van der Waals surface area (Å²) in [6, 6.07) is 7.95. The molecular weight excluding hydrogens is 394 g/mol. The minimum absolute atomic E-state index is 0. The van der Waals surface area contributed by atoms with Crippen molar-refractivity contribution in [2.75, 3.05) is 32.8 Å². The predicted molar refractivity (Wildman–Crippen MR) is 116 cm³/mol. The molecule has 0 radical (unpaired) electrons. The smallest absolute Gasteiger partial charge is 0.273 e. The van der Waals surface area contributed by atoms with E-state index >= 15 is 0 Å². The van der Waals surface area contributed by atoms with Crippen LogP contribution in [0.25, 0.3) is 10.6 Å². The molecule has 1 aromatic carbocycles. The quantitative estimate of drug-likeness (QED) is 0.784. The van der Waals surface area contributed by atoms with E-state index in [1.54, 1.807) is 0 Å². The fourth-order valence-corrected chi connectivity index (χ4v) is 4.79. The summed E-state index contributed by atoms with van der Waals surface area (Å²) in [6.07, 6.45) is 4.44. The third-order valence-electron chi connectivity index (χ3n) is 5.74. The molecule has 2 fully saturated rings. The van der Waals surface area contributed by atoms with Gasteiger partial charge in [-0.15, -0.1) is 23.7 Å². The summed E-state index contributed by atoms with van der Waals surface area (Å²) >= 11 is 1.53. The van der Waals surface area contributed by atoms with Gasteiger partial charge in [0.1, 0.15) is 16.5 Å². The van der Waals surface area contributed by atoms with Gasteiger partial charge in [-0.3, -0.25) is 4.79 Å². The lowest BCUT2D eigenvalue weighted by molar-refractivity contribution is 0.0603. The molecule has 28 heavy (non-hydrogen) atoms. The van der Waals surface area contributed by atoms with Crippen LogP contribution >= 0.6 is 23.7 Å². The Balaban J connectivity index is 0.00000225. The molecule has 2 aromatic rings. The molecule has 0 atom stereocenters. The number of thiazole rings is 1. The molecule has 0 aliphatic carbocycles. The molecule has 152 valence electrons. The van der Waals surface area contributed by atoms with Crippen LogP contribution in [-0.2, 0) is 0 Å². The highest BCUT2D eigenvalue weighted by atomic mass is 35.5. The highest BCUT2D eigenvalue weighted by Crippen LogP contribution is 2.37. The van der Waals surface area contributed by atoms with Crippen molar-refractivity contribution >= 4 is 29.7 Å². The lowest BCUT2D eigenvalue weighted by Crippen LogP contribution is -2.44. The zero-order valence-electron chi connectivity index (χ0n) is 16.3. The van der Waals surface area contributed by atoms with E-state index in [0.717, 1.165) is 68.4 Å². The number of aromatic nitrogens is 1. The predicted octanol–water partition coefficient (Wildman–Crippen LogP) is 4.24. The number of nitrogens with zero attached hydrogens (tertiary/aromatic N) is 2. The topological polar surface area (TPSA) is 54.5 Å². The van der Waals surface area contributed by atoms with Crippen LogP contribution < -0.4 is 10.1 Å². The second-order valence-corrected chi connectivity index (χ2v) is 8.49. The van der Waals surface area contributed by atoms with Gasteiger partial charge >= 0.3 is 0 Å². The monoisotopic (exact) mass is 421 g/mol. The van der Waals surface area contributed by atoms with Crippen molar-refractivity contribution in [3.8, 4) is 16.3 Å². The van der Waals surface area contributed by atoms with E-state index in [2.05, 4.69) is 17.2 Å². The number of ether oxygens (including phenoxy) is 1. The Morgan fingerprint density at radius 2 is 2.00 bits per heavy atom. The molecule has 1 spiro atoms. The van der Waals surface area contributed by atoms with E-state index in [1.807, 2.05) is 34.5 Å². The van der Waals surface area contributed by atoms with Crippen molar-refractivity contribution in [1.29, 1.82) is 0 Å². The number of halogens is 1. The van der Waals surface area contributed by atoms with Crippen molar-refractivity contribution in [3.63, 3.8) is 0 Å². The van der Waals surface area contributed by atoms with E-state index in [0.29, 0.717) is 11.1 Å². The van der Waals surface area contributed by atoms with Gasteiger partial charge in [0.05, 0.1) is 6.61 Å². The molecule has 4 rings (SSSR count). The summed E-state index contributed by atoms with van der Waals surface area (Å²) in [5, 5.41) is 6.24. The molecule has 0 unspecified atom stereocenters. The molecule has 5 nitrogen and oxygen atoms in total. The Hall–Kier alpha value is -1.63. The Labute approximate surface area is 176 Å². The normalized spacial score (nSPS) is 18.1. The highest BCUT2D eigenvalue weighted by molar-refractivity contribution is 7.13. The lowest BCUT2D eigenvalue weighted by atomic mass is 9.78. The molecule has 1 N–H and O–H groups in total. The molecule has 1 amide bonds. The van der Waals surface area contributed by atoms with Crippen LogP contribution in [0.15, 0.2) is 29.6 Å². The van der Waals surface area contributed by atoms with Crippen molar-refractivity contribution in [2.45, 2.75) is 32.6 Å². The zero-order valence-corrected chi connectivity index (χ0v) is 17.9. The number of carbonyl (C=O) groups is 1. The molecule has 2 aliphatic heterocycles. The van der Waals surface area contributed by atoms with E-state index in [1.165, 1.54) is 17.8 Å². The number of nitrogens with one attached hydrogen (secondary N) is 1. The summed E-state index contributed by atoms with van der Waals surface area (Å²) < 4.78 is 5.63. The third kappa shape index (κ3) is 4.50. The highest BCUT2D eigenvalue weighted by Gasteiger charge is 2.38. The molecule has 7 heteroatoms. The van der Waals surface area contributed by atoms with Gasteiger partial charge < -0.3 is 15.0 Å². The zero-order chi connectivity index (χ0) is 18.7. The van der Waals surface area contributed by atoms with Gasteiger partial charge in [0, 0.05) is 30.6 Å². The first kappa shape index (κ1) is 21.1. The van der Waals surface area contributed by atoms with Crippen molar-refractivity contribution in [1.82, 2.24) is 15.2 Å². The van der Waals surface area contributed by atoms with Gasteiger partial charge in [-0.25, -0.2) is 4.98 Å². The maximum atomic E-state index is 12.9. The maximum Gasteiger partial charge on any atom is 0.273 e. The summed E-state index contributed by atoms with van der Waals surface area (Å²) in [4.78, 5) is 19.4. The summed E-state index contributed by atoms with van der Waals surface area (Å²) in [6.45, 7) is 6.73. The number of hydrogen-bond acceptors (Lipinski definition) is 5. The van der Waals surface area contributed by atoms with Crippen molar-refractivity contribution in [3.05, 3.63) is 35.3 Å². The minimum Gasteiger partial charge on any atom is -0.494 e. The molecule has 2 aliphatic rings. The van der Waals surface area contributed by atoms with E-state index in [-0.39, 0.29) is 18.3 Å². The summed E-state index contributed by atoms with van der Waals surface area (Å²) in [7, 11) is 0. The maximum absolute atomic E-state index is 12.9. The van der Waals surface area contributed by atoms with Gasteiger partial charge in [-0.1, -0.05) is 6.92 Å². The largest absolute Gasteiger partial charge is 0.494 e. The van der Waals surface area contributed by atoms with Crippen LogP contribution in [-0.4, -0.2) is 48.6 Å². The van der Waals surface area contributed by atoms with Gasteiger partial charge in [0.2, 0.25) is 0 Å². The van der Waals surface area contributed by atoms with Crippen molar-refractivity contribution in [2.24, 2.45) is 5.41 Å². The number of hydrogen-bond donors (Lipinski definition) is 1. The average molecular weight is 422 g/mol. The summed E-state index contributed by atoms with van der Waals surface area (Å²) in [5.74, 6) is 0.943. The number of carbonyl (C=O) groups excluding carboxylic acids is 1. The average Bonchev–Trinajstić information content (AvgIpc) is 3.37. The molecule has 3 heterocycles. The number of piperidine rings is 1. The van der Waals surface area contributed by atoms with Crippen LogP contribution in [0.4, 0.5) is 0 Å². The molecule has 0 saturated carbocycles. The van der Waals surface area contributed by atoms with Gasteiger partial charge in [-0.2, -0.15) is 0 Å². The van der Waals surface area contributed by atoms with Crippen LogP contribution in [0.2, 0.25) is 0 Å². The first-order valence-electron chi connectivity index (χ1n) is 9.88. The van der Waals surface area contributed by atoms with Crippen LogP contribution in [0.3, 0.4) is 0 Å². The van der Waals surface area contributed by atoms with Crippen LogP contribution in [0, 0.1) is 5.41 Å². The fraction of sp³-hybridized carbons (Fsp3) is 0.524. The first-order chi connectivity index (χ1) is 13.2. The van der Waals surface area contributed by atoms with E-state index < -0.39 is 0 Å².